The molecule has 0 atom stereocenters. The smallest absolute Gasteiger partial charge is 0.242 e. The van der Waals surface area contributed by atoms with Crippen LogP contribution in [0.1, 0.15) is 11.3 Å². The van der Waals surface area contributed by atoms with Crippen molar-refractivity contribution in [1.29, 1.82) is 5.26 Å². The third-order valence-corrected chi connectivity index (χ3v) is 6.40. The standard InChI is InChI=1S/C25H24F2N8O/c1-15-10-17-22(27)20(11-19(26)23(17)34(15)3)36-25-18(12-28)24(30-14-31-25)32-21-5-4-16(13-29-21)35-8-6-33(2)7-9-35/h4-5,10-11,13-14H,6-9H2,1-3H3,(H,29,30,31,32). The summed E-state index contributed by atoms with van der Waals surface area (Å²) in [6.45, 7) is 5.55. The molecule has 184 valence electrons. The quantitative estimate of drug-likeness (QED) is 0.447. The van der Waals surface area contributed by atoms with E-state index in [0.717, 1.165) is 37.9 Å². The summed E-state index contributed by atoms with van der Waals surface area (Å²) in [5.41, 5.74) is 1.77. The monoisotopic (exact) mass is 490 g/mol. The Bertz CT molecular complexity index is 1470. The van der Waals surface area contributed by atoms with Crippen molar-refractivity contribution in [3.8, 4) is 17.7 Å². The van der Waals surface area contributed by atoms with E-state index in [-0.39, 0.29) is 33.9 Å². The highest BCUT2D eigenvalue weighted by atomic mass is 19.1. The van der Waals surface area contributed by atoms with Crippen LogP contribution in [0.3, 0.4) is 0 Å². The van der Waals surface area contributed by atoms with Gasteiger partial charge in [-0.25, -0.2) is 23.7 Å². The molecule has 0 bridgehead atoms. The van der Waals surface area contributed by atoms with Crippen molar-refractivity contribution >= 4 is 28.2 Å². The molecule has 4 aromatic rings. The maximum Gasteiger partial charge on any atom is 0.242 e. The SMILES string of the molecule is Cc1cc2c(F)c(Oc3ncnc(Nc4ccc(N5CCN(C)CC5)cn4)c3C#N)cc(F)c2n1C. The van der Waals surface area contributed by atoms with E-state index in [9.17, 15) is 9.65 Å². The molecule has 36 heavy (non-hydrogen) atoms. The number of piperazine rings is 1. The number of rotatable bonds is 5. The summed E-state index contributed by atoms with van der Waals surface area (Å²) in [5, 5.41) is 12.8. The zero-order valence-electron chi connectivity index (χ0n) is 20.1. The van der Waals surface area contributed by atoms with E-state index in [1.54, 1.807) is 30.8 Å². The maximum absolute atomic E-state index is 15.2. The minimum atomic E-state index is -0.742. The number of nitrogens with one attached hydrogen (secondary N) is 1. The number of anilines is 3. The molecule has 0 aliphatic carbocycles. The molecule has 1 fully saturated rings. The van der Waals surface area contributed by atoms with E-state index >= 15 is 4.39 Å². The Labute approximate surface area is 206 Å². The van der Waals surface area contributed by atoms with Gasteiger partial charge < -0.3 is 24.4 Å². The van der Waals surface area contributed by atoms with E-state index < -0.39 is 11.6 Å². The molecule has 4 heterocycles. The molecule has 1 saturated heterocycles. The number of hydrogen-bond acceptors (Lipinski definition) is 8. The van der Waals surface area contributed by atoms with Gasteiger partial charge in [-0.2, -0.15) is 5.26 Å². The molecule has 0 unspecified atom stereocenters. The van der Waals surface area contributed by atoms with Gasteiger partial charge in [-0.15, -0.1) is 0 Å². The van der Waals surface area contributed by atoms with E-state index in [1.807, 2.05) is 12.1 Å². The number of nitriles is 1. The first-order valence-electron chi connectivity index (χ1n) is 11.4. The van der Waals surface area contributed by atoms with Crippen LogP contribution < -0.4 is 15.0 Å². The summed E-state index contributed by atoms with van der Waals surface area (Å²) in [7, 11) is 3.75. The fourth-order valence-electron chi connectivity index (χ4n) is 4.22. The Morgan fingerprint density at radius 2 is 1.83 bits per heavy atom. The normalized spacial score (nSPS) is 14.2. The third kappa shape index (κ3) is 4.27. The Kier molecular flexibility index (Phi) is 6.12. The van der Waals surface area contributed by atoms with Crippen molar-refractivity contribution < 1.29 is 13.5 Å². The average Bonchev–Trinajstić information content (AvgIpc) is 3.18. The lowest BCUT2D eigenvalue weighted by Gasteiger charge is -2.33. The van der Waals surface area contributed by atoms with Gasteiger partial charge >= 0.3 is 0 Å². The largest absolute Gasteiger partial charge is 0.434 e. The summed E-state index contributed by atoms with van der Waals surface area (Å²) in [4.78, 5) is 17.1. The lowest BCUT2D eigenvalue weighted by molar-refractivity contribution is 0.313. The molecule has 9 nitrogen and oxygen atoms in total. The highest BCUT2D eigenvalue weighted by Gasteiger charge is 2.21. The topological polar surface area (TPSA) is 95.1 Å². The summed E-state index contributed by atoms with van der Waals surface area (Å²) >= 11 is 0. The van der Waals surface area contributed by atoms with E-state index in [2.05, 4.69) is 37.1 Å². The molecule has 1 N–H and O–H groups in total. The van der Waals surface area contributed by atoms with Crippen LogP contribution in [0.5, 0.6) is 11.6 Å². The second kappa shape index (κ2) is 9.39. The number of likely N-dealkylation sites (N-methyl/N-ethyl adjacent to an activating group) is 1. The first-order chi connectivity index (χ1) is 17.4. The van der Waals surface area contributed by atoms with Gasteiger partial charge in [0.05, 0.1) is 17.4 Å². The Morgan fingerprint density at radius 1 is 1.06 bits per heavy atom. The molecule has 1 aromatic carbocycles. The van der Waals surface area contributed by atoms with Gasteiger partial charge in [-0.1, -0.05) is 0 Å². The molecule has 1 aliphatic rings. The van der Waals surface area contributed by atoms with Crippen LogP contribution in [0, 0.1) is 29.9 Å². The number of ether oxygens (including phenoxy) is 1. The van der Waals surface area contributed by atoms with Gasteiger partial charge in [0.25, 0.3) is 0 Å². The molecule has 0 saturated carbocycles. The van der Waals surface area contributed by atoms with Gasteiger partial charge in [-0.3, -0.25) is 0 Å². The number of aryl methyl sites for hydroxylation is 2. The molecular formula is C25H24F2N8O. The van der Waals surface area contributed by atoms with Crippen molar-refractivity contribution in [2.75, 3.05) is 43.4 Å². The van der Waals surface area contributed by atoms with Crippen LogP contribution in [0.2, 0.25) is 0 Å². The number of benzene rings is 1. The van der Waals surface area contributed by atoms with E-state index in [0.29, 0.717) is 11.5 Å². The first-order valence-corrected chi connectivity index (χ1v) is 11.4. The second-order valence-corrected chi connectivity index (χ2v) is 8.71. The lowest BCUT2D eigenvalue weighted by atomic mass is 10.2. The predicted molar refractivity (Wildman–Crippen MR) is 132 cm³/mol. The summed E-state index contributed by atoms with van der Waals surface area (Å²) in [5.74, 6) is -1.36. The summed E-state index contributed by atoms with van der Waals surface area (Å²) in [6, 6.07) is 8.21. The summed E-state index contributed by atoms with van der Waals surface area (Å²) in [6.07, 6.45) is 2.93. The second-order valence-electron chi connectivity index (χ2n) is 8.71. The van der Waals surface area contributed by atoms with Crippen molar-refractivity contribution in [3.63, 3.8) is 0 Å². The van der Waals surface area contributed by atoms with Crippen LogP contribution in [-0.4, -0.2) is 57.6 Å². The Hall–Kier alpha value is -4.30. The minimum absolute atomic E-state index is 0.0633. The van der Waals surface area contributed by atoms with Crippen LogP contribution in [0.15, 0.2) is 36.8 Å². The zero-order valence-corrected chi connectivity index (χ0v) is 20.1. The fourth-order valence-corrected chi connectivity index (χ4v) is 4.22. The van der Waals surface area contributed by atoms with Crippen LogP contribution in [0.4, 0.5) is 26.1 Å². The number of nitrogens with zero attached hydrogens (tertiary/aromatic N) is 7. The van der Waals surface area contributed by atoms with Crippen molar-refractivity contribution in [3.05, 3.63) is 59.7 Å². The van der Waals surface area contributed by atoms with Crippen molar-refractivity contribution in [1.82, 2.24) is 24.4 Å². The Morgan fingerprint density at radius 3 is 2.53 bits per heavy atom. The lowest BCUT2D eigenvalue weighted by Crippen LogP contribution is -2.44. The molecule has 0 spiro atoms. The number of aromatic nitrogens is 4. The van der Waals surface area contributed by atoms with Crippen LogP contribution >= 0.6 is 0 Å². The van der Waals surface area contributed by atoms with E-state index in [1.165, 1.54) is 12.4 Å². The molecule has 3 aromatic heterocycles. The Balaban J connectivity index is 1.40. The van der Waals surface area contributed by atoms with Crippen LogP contribution in [-0.2, 0) is 7.05 Å². The average molecular weight is 491 g/mol. The molecule has 0 amide bonds. The van der Waals surface area contributed by atoms with Gasteiger partial charge in [0.2, 0.25) is 5.88 Å². The predicted octanol–water partition coefficient (Wildman–Crippen LogP) is 4.11. The molecule has 11 heteroatoms. The minimum Gasteiger partial charge on any atom is -0.434 e. The highest BCUT2D eigenvalue weighted by molar-refractivity contribution is 5.84. The fraction of sp³-hybridized carbons (Fsp3) is 0.280. The molecule has 1 aliphatic heterocycles. The van der Waals surface area contributed by atoms with E-state index in [4.69, 9.17) is 4.74 Å². The molecular weight excluding hydrogens is 466 g/mol. The highest BCUT2D eigenvalue weighted by Crippen LogP contribution is 2.35. The first kappa shape index (κ1) is 23.4. The van der Waals surface area contributed by atoms with Gasteiger partial charge in [0.15, 0.2) is 28.8 Å². The van der Waals surface area contributed by atoms with Gasteiger partial charge in [-0.05, 0) is 32.2 Å². The van der Waals surface area contributed by atoms with Crippen molar-refractivity contribution in [2.24, 2.45) is 7.05 Å². The molecule has 0 radical (unpaired) electrons. The molecule has 5 rings (SSSR count). The number of fused-ring (bicyclic) bond motifs is 1. The van der Waals surface area contributed by atoms with Crippen molar-refractivity contribution in [2.45, 2.75) is 6.92 Å². The number of hydrogen-bond donors (Lipinski definition) is 1. The maximum atomic E-state index is 15.2. The summed E-state index contributed by atoms with van der Waals surface area (Å²) < 4.78 is 37.1. The van der Waals surface area contributed by atoms with Gasteiger partial charge in [0.1, 0.15) is 18.2 Å². The number of pyridine rings is 1. The van der Waals surface area contributed by atoms with Crippen LogP contribution in [0.25, 0.3) is 10.9 Å². The van der Waals surface area contributed by atoms with Gasteiger partial charge in [0, 0.05) is 50.4 Å². The third-order valence-electron chi connectivity index (χ3n) is 6.40. The zero-order chi connectivity index (χ0) is 25.4. The number of halogens is 2.